The van der Waals surface area contributed by atoms with Crippen LogP contribution < -0.4 is 0 Å². The van der Waals surface area contributed by atoms with Crippen molar-refractivity contribution in [2.75, 3.05) is 0 Å². The van der Waals surface area contributed by atoms with Gasteiger partial charge in [-0.3, -0.25) is 0 Å². The maximum atomic E-state index is 12.3. The van der Waals surface area contributed by atoms with Gasteiger partial charge in [0.25, 0.3) is 5.95 Å². The zero-order chi connectivity index (χ0) is 11.3. The molecule has 14 heavy (non-hydrogen) atoms. The smallest absolute Gasteiger partial charge is 0.214 e. The van der Waals surface area contributed by atoms with E-state index in [0.717, 1.165) is 0 Å². The summed E-state index contributed by atoms with van der Waals surface area (Å²) >= 11 is 0. The summed E-state index contributed by atoms with van der Waals surface area (Å²) in [6.07, 6.45) is 0. The minimum absolute atomic E-state index is 0.431. The quantitative estimate of drug-likeness (QED) is 0.507. The van der Waals surface area contributed by atoms with E-state index in [9.17, 15) is 17.6 Å². The van der Waals surface area contributed by atoms with Crippen LogP contribution in [0.15, 0.2) is 12.6 Å². The van der Waals surface area contributed by atoms with E-state index >= 15 is 0 Å². The summed E-state index contributed by atoms with van der Waals surface area (Å²) < 4.78 is 49.0. The number of halogens is 4. The molecular formula is C9H9F4N. The minimum Gasteiger partial charge on any atom is -0.214 e. The van der Waals surface area contributed by atoms with Crippen LogP contribution in [0.25, 0.3) is 5.83 Å². The third kappa shape index (κ3) is 2.83. The van der Waals surface area contributed by atoms with E-state index < -0.39 is 29.1 Å². The number of pyridine rings is 1. The molecule has 0 amide bonds. The summed E-state index contributed by atoms with van der Waals surface area (Å²) in [4.78, 5) is 2.78. The first kappa shape index (κ1) is 12.6. The molecule has 0 N–H and O–H groups in total. The molecule has 1 heterocycles. The molecule has 1 aromatic rings. The normalized spacial score (nSPS) is 9.00. The van der Waals surface area contributed by atoms with E-state index in [0.29, 0.717) is 6.07 Å². The van der Waals surface area contributed by atoms with Gasteiger partial charge in [0, 0.05) is 6.07 Å². The molecule has 5 heteroatoms. The fourth-order valence-corrected chi connectivity index (χ4v) is 0.608. The highest BCUT2D eigenvalue weighted by molar-refractivity contribution is 5.51. The van der Waals surface area contributed by atoms with Gasteiger partial charge in [-0.25, -0.2) is 13.8 Å². The molecule has 1 nitrogen and oxygen atoms in total. The van der Waals surface area contributed by atoms with E-state index in [1.54, 1.807) is 0 Å². The van der Waals surface area contributed by atoms with Crippen LogP contribution in [0.5, 0.6) is 0 Å². The summed E-state index contributed by atoms with van der Waals surface area (Å²) in [6.45, 7) is 6.75. The van der Waals surface area contributed by atoms with Crippen molar-refractivity contribution < 1.29 is 17.6 Å². The molecule has 0 bridgehead atoms. The highest BCUT2D eigenvalue weighted by Gasteiger charge is 2.13. The predicted octanol–water partition coefficient (Wildman–Crippen LogP) is 3.47. The zero-order valence-corrected chi connectivity index (χ0v) is 7.74. The van der Waals surface area contributed by atoms with E-state index in [2.05, 4.69) is 11.6 Å². The second-order valence-corrected chi connectivity index (χ2v) is 2.00. The summed E-state index contributed by atoms with van der Waals surface area (Å²) in [7, 11) is 0. The number of aromatic nitrogens is 1. The first-order chi connectivity index (χ1) is 6.52. The monoisotopic (exact) mass is 207 g/mol. The highest BCUT2D eigenvalue weighted by Crippen LogP contribution is 2.15. The van der Waals surface area contributed by atoms with Crippen LogP contribution in [0.2, 0.25) is 0 Å². The average molecular weight is 207 g/mol. The Labute approximate surface area is 79.1 Å². The number of hydrogen-bond donors (Lipinski definition) is 0. The van der Waals surface area contributed by atoms with Gasteiger partial charge in [-0.05, 0) is 0 Å². The topological polar surface area (TPSA) is 12.9 Å². The lowest BCUT2D eigenvalue weighted by Gasteiger charge is -1.97. The molecule has 78 valence electrons. The fourth-order valence-electron chi connectivity index (χ4n) is 0.608. The molecule has 0 spiro atoms. The van der Waals surface area contributed by atoms with E-state index in [1.165, 1.54) is 0 Å². The summed E-state index contributed by atoms with van der Waals surface area (Å²) in [6, 6.07) is 0.431. The second kappa shape index (κ2) is 5.36. The van der Waals surface area contributed by atoms with Crippen molar-refractivity contribution in [1.82, 2.24) is 4.98 Å². The van der Waals surface area contributed by atoms with Crippen LogP contribution in [0, 0.1) is 17.6 Å². The molecule has 1 rings (SSSR count). The fraction of sp³-hybridized carbons (Fsp3) is 0.222. The van der Waals surface area contributed by atoms with Gasteiger partial charge >= 0.3 is 0 Å². The van der Waals surface area contributed by atoms with Gasteiger partial charge in [0.1, 0.15) is 11.5 Å². The van der Waals surface area contributed by atoms with Gasteiger partial charge < -0.3 is 0 Å². The minimum atomic E-state index is -1.72. The van der Waals surface area contributed by atoms with Gasteiger partial charge in [0.2, 0.25) is 5.82 Å². The molecule has 0 fully saturated rings. The number of nitrogens with zero attached hydrogens (tertiary/aromatic N) is 1. The summed E-state index contributed by atoms with van der Waals surface area (Å²) in [5.74, 6) is -6.01. The van der Waals surface area contributed by atoms with Crippen molar-refractivity contribution in [2.24, 2.45) is 0 Å². The average Bonchev–Trinajstić information content (AvgIpc) is 2.16. The van der Waals surface area contributed by atoms with Crippen molar-refractivity contribution in [3.05, 3.63) is 35.9 Å². The Hall–Kier alpha value is -1.39. The SMILES string of the molecule is C=C(F)c1cc(F)c(F)c(F)n1.CC. The third-order valence-corrected chi connectivity index (χ3v) is 1.15. The Morgan fingerprint density at radius 3 is 2.14 bits per heavy atom. The maximum absolute atomic E-state index is 12.3. The van der Waals surface area contributed by atoms with Crippen LogP contribution in [-0.4, -0.2) is 4.98 Å². The Bertz CT molecular complexity index is 313. The molecule has 0 aliphatic rings. The molecule has 0 unspecified atom stereocenters. The molecule has 0 saturated heterocycles. The molecular weight excluding hydrogens is 198 g/mol. The van der Waals surface area contributed by atoms with Gasteiger partial charge in [-0.2, -0.15) is 8.78 Å². The Balaban J connectivity index is 0.000000791. The van der Waals surface area contributed by atoms with Crippen molar-refractivity contribution in [1.29, 1.82) is 0 Å². The first-order valence-electron chi connectivity index (χ1n) is 3.88. The third-order valence-electron chi connectivity index (χ3n) is 1.15. The van der Waals surface area contributed by atoms with Crippen molar-refractivity contribution in [3.8, 4) is 0 Å². The molecule has 1 aromatic heterocycles. The van der Waals surface area contributed by atoms with Crippen LogP contribution in [-0.2, 0) is 0 Å². The van der Waals surface area contributed by atoms with Crippen LogP contribution in [0.3, 0.4) is 0 Å². The number of hydrogen-bond acceptors (Lipinski definition) is 1. The summed E-state index contributed by atoms with van der Waals surface area (Å²) in [5.41, 5.74) is -0.647. The van der Waals surface area contributed by atoms with Gasteiger partial charge in [0.15, 0.2) is 5.82 Å². The van der Waals surface area contributed by atoms with Crippen LogP contribution >= 0.6 is 0 Å². The lowest BCUT2D eigenvalue weighted by molar-refractivity contribution is 0.425. The largest absolute Gasteiger partial charge is 0.252 e. The molecule has 0 radical (unpaired) electrons. The summed E-state index contributed by atoms with van der Waals surface area (Å²) in [5, 5.41) is 0. The molecule has 0 aliphatic carbocycles. The Kier molecular flexibility index (Phi) is 4.83. The molecule has 0 saturated carbocycles. The maximum Gasteiger partial charge on any atom is 0.252 e. The van der Waals surface area contributed by atoms with Gasteiger partial charge in [-0.1, -0.05) is 20.4 Å². The number of rotatable bonds is 1. The lowest BCUT2D eigenvalue weighted by atomic mass is 10.3. The standard InChI is InChI=1S/C7H3F4N.C2H6/c1-3(8)5-2-4(9)6(10)7(11)12-5;1-2/h2H,1H2;1-2H3. The molecule has 0 aromatic carbocycles. The van der Waals surface area contributed by atoms with Crippen molar-refractivity contribution >= 4 is 5.83 Å². The van der Waals surface area contributed by atoms with Crippen molar-refractivity contribution in [2.45, 2.75) is 13.8 Å². The molecule has 0 atom stereocenters. The van der Waals surface area contributed by atoms with Gasteiger partial charge in [0.05, 0.1) is 0 Å². The Morgan fingerprint density at radius 2 is 1.79 bits per heavy atom. The highest BCUT2D eigenvalue weighted by atomic mass is 19.2. The van der Waals surface area contributed by atoms with Gasteiger partial charge in [-0.15, -0.1) is 0 Å². The zero-order valence-electron chi connectivity index (χ0n) is 7.74. The molecule has 0 aliphatic heterocycles. The van der Waals surface area contributed by atoms with E-state index in [1.807, 2.05) is 13.8 Å². The first-order valence-corrected chi connectivity index (χ1v) is 3.88. The van der Waals surface area contributed by atoms with Crippen LogP contribution in [0.4, 0.5) is 17.6 Å². The lowest BCUT2D eigenvalue weighted by Crippen LogP contribution is -1.97. The van der Waals surface area contributed by atoms with Crippen LogP contribution in [0.1, 0.15) is 19.5 Å². The van der Waals surface area contributed by atoms with Crippen molar-refractivity contribution in [3.63, 3.8) is 0 Å². The van der Waals surface area contributed by atoms with E-state index in [-0.39, 0.29) is 0 Å². The second-order valence-electron chi connectivity index (χ2n) is 2.00. The predicted molar refractivity (Wildman–Crippen MR) is 45.6 cm³/mol. The van der Waals surface area contributed by atoms with E-state index in [4.69, 9.17) is 0 Å². The Morgan fingerprint density at radius 1 is 1.29 bits per heavy atom.